The summed E-state index contributed by atoms with van der Waals surface area (Å²) in [7, 11) is 0. The van der Waals surface area contributed by atoms with Gasteiger partial charge in [-0.25, -0.2) is 0 Å². The number of thiol groups is 1. The second-order valence-corrected chi connectivity index (χ2v) is 2.03. The van der Waals surface area contributed by atoms with Crippen LogP contribution in [0.15, 0.2) is 36.5 Å². The van der Waals surface area contributed by atoms with Crippen molar-refractivity contribution in [3.63, 3.8) is 0 Å². The van der Waals surface area contributed by atoms with Gasteiger partial charge in [-0.3, -0.25) is 0 Å². The van der Waals surface area contributed by atoms with Crippen LogP contribution in [0, 0.1) is 0 Å². The molecular weight excluding hydrogens is 140 g/mol. The van der Waals surface area contributed by atoms with Crippen LogP contribution in [0.2, 0.25) is 0 Å². The molecule has 0 radical (unpaired) electrons. The quantitative estimate of drug-likeness (QED) is 0.460. The monoisotopic (exact) mass is 156 g/mol. The van der Waals surface area contributed by atoms with Crippen molar-refractivity contribution in [3.05, 3.63) is 36.5 Å². The molecule has 0 atom stereocenters. The van der Waals surface area contributed by atoms with E-state index in [1.807, 2.05) is 26.0 Å². The van der Waals surface area contributed by atoms with E-state index in [0.29, 0.717) is 0 Å². The molecule has 0 aliphatic rings. The SMILES string of the molecule is C=C(C)/C=C\C(=C)C.CS. The van der Waals surface area contributed by atoms with Crippen molar-refractivity contribution in [2.24, 2.45) is 0 Å². The molecule has 0 aromatic heterocycles. The van der Waals surface area contributed by atoms with Gasteiger partial charge >= 0.3 is 0 Å². The van der Waals surface area contributed by atoms with Gasteiger partial charge in [-0.05, 0) is 20.1 Å². The van der Waals surface area contributed by atoms with Crippen LogP contribution in [0.5, 0.6) is 0 Å². The summed E-state index contributed by atoms with van der Waals surface area (Å²) >= 11 is 3.53. The van der Waals surface area contributed by atoms with Crippen LogP contribution in [-0.4, -0.2) is 6.26 Å². The van der Waals surface area contributed by atoms with Crippen molar-refractivity contribution in [1.82, 2.24) is 0 Å². The van der Waals surface area contributed by atoms with Crippen LogP contribution in [0.3, 0.4) is 0 Å². The van der Waals surface area contributed by atoms with E-state index in [-0.39, 0.29) is 0 Å². The van der Waals surface area contributed by atoms with E-state index < -0.39 is 0 Å². The van der Waals surface area contributed by atoms with Gasteiger partial charge in [0.25, 0.3) is 0 Å². The summed E-state index contributed by atoms with van der Waals surface area (Å²) in [6, 6.07) is 0. The minimum Gasteiger partial charge on any atom is -0.183 e. The Bertz CT molecular complexity index is 116. The van der Waals surface area contributed by atoms with Crippen molar-refractivity contribution < 1.29 is 0 Å². The maximum atomic E-state index is 3.70. The van der Waals surface area contributed by atoms with Crippen LogP contribution in [-0.2, 0) is 0 Å². The summed E-state index contributed by atoms with van der Waals surface area (Å²) in [5.74, 6) is 0. The molecule has 0 fully saturated rings. The number of rotatable bonds is 2. The summed E-state index contributed by atoms with van der Waals surface area (Å²) < 4.78 is 0. The molecule has 0 bridgehead atoms. The molecule has 0 aliphatic carbocycles. The molecule has 0 rings (SSSR count). The zero-order valence-electron chi connectivity index (χ0n) is 7.02. The largest absolute Gasteiger partial charge is 0.183 e. The highest BCUT2D eigenvalue weighted by Gasteiger charge is 1.72. The molecule has 10 heavy (non-hydrogen) atoms. The third-order valence-corrected chi connectivity index (χ3v) is 0.652. The van der Waals surface area contributed by atoms with Gasteiger partial charge in [-0.15, -0.1) is 0 Å². The number of hydrogen-bond acceptors (Lipinski definition) is 1. The molecule has 0 amide bonds. The van der Waals surface area contributed by atoms with E-state index in [9.17, 15) is 0 Å². The second-order valence-electron chi connectivity index (χ2n) is 2.03. The Kier molecular flexibility index (Phi) is 10.5. The first-order valence-corrected chi connectivity index (χ1v) is 3.96. The Morgan fingerprint density at radius 3 is 1.30 bits per heavy atom. The minimum atomic E-state index is 1.06. The Labute approximate surface area is 69.8 Å². The summed E-state index contributed by atoms with van der Waals surface area (Å²) in [5, 5.41) is 0. The highest BCUT2D eigenvalue weighted by atomic mass is 32.1. The van der Waals surface area contributed by atoms with Crippen LogP contribution in [0.1, 0.15) is 13.8 Å². The van der Waals surface area contributed by atoms with Crippen molar-refractivity contribution in [2.45, 2.75) is 13.8 Å². The lowest BCUT2D eigenvalue weighted by Gasteiger charge is -1.84. The van der Waals surface area contributed by atoms with Gasteiger partial charge < -0.3 is 0 Å². The van der Waals surface area contributed by atoms with E-state index in [0.717, 1.165) is 11.1 Å². The normalized spacial score (nSPS) is 8.40. The van der Waals surface area contributed by atoms with E-state index >= 15 is 0 Å². The van der Waals surface area contributed by atoms with Gasteiger partial charge in [0.2, 0.25) is 0 Å². The molecular formula is C9H16S. The van der Waals surface area contributed by atoms with E-state index in [2.05, 4.69) is 25.8 Å². The highest BCUT2D eigenvalue weighted by Crippen LogP contribution is 1.94. The van der Waals surface area contributed by atoms with E-state index in [4.69, 9.17) is 0 Å². The molecule has 0 unspecified atom stereocenters. The van der Waals surface area contributed by atoms with Crippen LogP contribution < -0.4 is 0 Å². The standard InChI is InChI=1S/C8H12.CH4S/c1-7(2)5-6-8(3)4;1-2/h5-6H,1,3H2,2,4H3;2H,1H3/b6-5-;. The number of allylic oxidation sites excluding steroid dienone is 4. The van der Waals surface area contributed by atoms with Crippen LogP contribution in [0.4, 0.5) is 0 Å². The maximum Gasteiger partial charge on any atom is -0.0215 e. The maximum absolute atomic E-state index is 3.70. The smallest absolute Gasteiger partial charge is 0.0215 e. The molecule has 0 aromatic carbocycles. The van der Waals surface area contributed by atoms with Gasteiger partial charge in [0.15, 0.2) is 0 Å². The van der Waals surface area contributed by atoms with Crippen molar-refractivity contribution in [3.8, 4) is 0 Å². The summed E-state index contributed by atoms with van der Waals surface area (Å²) in [6.45, 7) is 11.3. The van der Waals surface area contributed by atoms with Gasteiger partial charge in [-0.1, -0.05) is 36.5 Å². The van der Waals surface area contributed by atoms with Gasteiger partial charge in [0.1, 0.15) is 0 Å². The molecule has 0 saturated heterocycles. The molecule has 0 saturated carbocycles. The Morgan fingerprint density at radius 2 is 1.20 bits per heavy atom. The first-order chi connectivity index (χ1) is 4.63. The lowest BCUT2D eigenvalue weighted by molar-refractivity contribution is 1.50. The molecule has 0 aliphatic heterocycles. The minimum absolute atomic E-state index is 1.06. The van der Waals surface area contributed by atoms with E-state index in [1.165, 1.54) is 0 Å². The van der Waals surface area contributed by atoms with Crippen molar-refractivity contribution in [2.75, 3.05) is 6.26 Å². The molecule has 0 aromatic rings. The Morgan fingerprint density at radius 1 is 1.00 bits per heavy atom. The van der Waals surface area contributed by atoms with Crippen LogP contribution >= 0.6 is 12.6 Å². The van der Waals surface area contributed by atoms with Crippen molar-refractivity contribution >= 4 is 12.6 Å². The Hall–Kier alpha value is -0.430. The lowest BCUT2D eigenvalue weighted by atomic mass is 10.2. The van der Waals surface area contributed by atoms with Crippen LogP contribution in [0.25, 0.3) is 0 Å². The third kappa shape index (κ3) is 15.6. The fourth-order valence-corrected chi connectivity index (χ4v) is 0.285. The zero-order chi connectivity index (χ0) is 8.57. The first-order valence-electron chi connectivity index (χ1n) is 3.07. The molecule has 0 spiro atoms. The fourth-order valence-electron chi connectivity index (χ4n) is 0.285. The van der Waals surface area contributed by atoms with Gasteiger partial charge in [0, 0.05) is 0 Å². The molecule has 0 heterocycles. The number of hydrogen-bond donors (Lipinski definition) is 1. The topological polar surface area (TPSA) is 0 Å². The lowest BCUT2D eigenvalue weighted by Crippen LogP contribution is -1.62. The highest BCUT2D eigenvalue weighted by molar-refractivity contribution is 7.79. The first kappa shape index (κ1) is 12.3. The predicted octanol–water partition coefficient (Wildman–Crippen LogP) is 3.24. The van der Waals surface area contributed by atoms with Gasteiger partial charge in [0.05, 0.1) is 0 Å². The molecule has 1 heteroatoms. The summed E-state index contributed by atoms with van der Waals surface area (Å²) in [5.41, 5.74) is 2.13. The summed E-state index contributed by atoms with van der Waals surface area (Å²) in [4.78, 5) is 0. The zero-order valence-corrected chi connectivity index (χ0v) is 7.91. The molecule has 0 nitrogen and oxygen atoms in total. The van der Waals surface area contributed by atoms with Gasteiger partial charge in [-0.2, -0.15) is 12.6 Å². The summed E-state index contributed by atoms with van der Waals surface area (Å²) in [6.07, 6.45) is 5.59. The molecule has 0 N–H and O–H groups in total. The fraction of sp³-hybridized carbons (Fsp3) is 0.333. The third-order valence-electron chi connectivity index (χ3n) is 0.652. The average Bonchev–Trinajstić information content (AvgIpc) is 1.89. The Balaban J connectivity index is 0. The second kappa shape index (κ2) is 8.57. The average molecular weight is 156 g/mol. The van der Waals surface area contributed by atoms with Crippen molar-refractivity contribution in [1.29, 1.82) is 0 Å². The van der Waals surface area contributed by atoms with E-state index in [1.54, 1.807) is 6.26 Å². The molecule has 58 valence electrons. The predicted molar refractivity (Wildman–Crippen MR) is 53.7 cm³/mol.